The summed E-state index contributed by atoms with van der Waals surface area (Å²) >= 11 is 0. The molecule has 0 aromatic heterocycles. The number of ether oxygens (including phenoxy) is 2. The van der Waals surface area contributed by atoms with Gasteiger partial charge in [-0.25, -0.2) is 4.79 Å². The molecule has 1 aromatic rings. The number of hydrogen-bond donors (Lipinski definition) is 1. The number of rotatable bonds is 5. The van der Waals surface area contributed by atoms with Crippen LogP contribution in [0.5, 0.6) is 5.75 Å². The quantitative estimate of drug-likeness (QED) is 0.794. The monoisotopic (exact) mass is 321 g/mol. The summed E-state index contributed by atoms with van der Waals surface area (Å²) in [6.07, 6.45) is 0.266. The maximum atomic E-state index is 12.2. The van der Waals surface area contributed by atoms with Crippen LogP contribution >= 0.6 is 0 Å². The topological polar surface area (TPSA) is 93.1 Å². The fourth-order valence-electron chi connectivity index (χ4n) is 2.67. The van der Waals surface area contributed by atoms with Gasteiger partial charge >= 0.3 is 11.9 Å². The van der Waals surface area contributed by atoms with Crippen LogP contribution in [0.15, 0.2) is 24.3 Å². The number of benzene rings is 1. The Morgan fingerprint density at radius 3 is 2.48 bits per heavy atom. The van der Waals surface area contributed by atoms with Gasteiger partial charge in [-0.3, -0.25) is 9.59 Å². The molecule has 1 aromatic carbocycles. The molecule has 1 fully saturated rings. The zero-order valence-corrected chi connectivity index (χ0v) is 13.0. The van der Waals surface area contributed by atoms with Gasteiger partial charge in [-0.1, -0.05) is 12.1 Å². The first-order valence-electron chi connectivity index (χ1n) is 7.19. The summed E-state index contributed by atoms with van der Waals surface area (Å²) in [5.74, 6) is -1.74. The summed E-state index contributed by atoms with van der Waals surface area (Å²) in [5, 5.41) is 9.32. The standard InChI is InChI=1S/C16H19NO6/c1-22-15(20)11-8-14(19)17(9-11)13(16(21)23-2)7-10-3-5-12(18)6-4-10/h3-6,11,13,18H,7-9H2,1-2H3/t11?,13-/m0/s1. The summed E-state index contributed by atoms with van der Waals surface area (Å²) in [6.45, 7) is 0.128. The Morgan fingerprint density at radius 1 is 1.26 bits per heavy atom. The first-order chi connectivity index (χ1) is 11.0. The molecule has 23 heavy (non-hydrogen) atoms. The smallest absolute Gasteiger partial charge is 0.328 e. The van der Waals surface area contributed by atoms with E-state index in [2.05, 4.69) is 4.74 Å². The Labute approximate surface area is 133 Å². The lowest BCUT2D eigenvalue weighted by molar-refractivity contribution is -0.151. The van der Waals surface area contributed by atoms with Crippen molar-refractivity contribution < 1.29 is 29.0 Å². The highest BCUT2D eigenvalue weighted by Crippen LogP contribution is 2.24. The Bertz CT molecular complexity index is 597. The number of nitrogens with zero attached hydrogens (tertiary/aromatic N) is 1. The lowest BCUT2D eigenvalue weighted by Crippen LogP contribution is -2.44. The van der Waals surface area contributed by atoms with E-state index < -0.39 is 23.9 Å². The van der Waals surface area contributed by atoms with Gasteiger partial charge < -0.3 is 19.5 Å². The van der Waals surface area contributed by atoms with Crippen molar-refractivity contribution in [2.75, 3.05) is 20.8 Å². The summed E-state index contributed by atoms with van der Waals surface area (Å²) in [5.41, 5.74) is 0.771. The highest BCUT2D eigenvalue weighted by molar-refractivity contribution is 5.90. The second-order valence-corrected chi connectivity index (χ2v) is 5.38. The molecule has 0 bridgehead atoms. The van der Waals surface area contributed by atoms with Gasteiger partial charge in [0.2, 0.25) is 5.91 Å². The molecular formula is C16H19NO6. The maximum absolute atomic E-state index is 12.2. The highest BCUT2D eigenvalue weighted by Gasteiger charge is 2.41. The molecule has 1 N–H and O–H groups in total. The van der Waals surface area contributed by atoms with Crippen molar-refractivity contribution in [3.63, 3.8) is 0 Å². The molecule has 1 unspecified atom stereocenters. The number of aromatic hydroxyl groups is 1. The first kappa shape index (κ1) is 16.8. The van der Waals surface area contributed by atoms with Crippen LogP contribution in [-0.2, 0) is 30.3 Å². The molecule has 0 spiro atoms. The number of likely N-dealkylation sites (tertiary alicyclic amines) is 1. The van der Waals surface area contributed by atoms with E-state index in [-0.39, 0.29) is 31.0 Å². The molecule has 0 aliphatic carbocycles. The number of methoxy groups -OCH3 is 2. The lowest BCUT2D eigenvalue weighted by atomic mass is 10.0. The number of amides is 1. The van der Waals surface area contributed by atoms with E-state index in [4.69, 9.17) is 4.74 Å². The summed E-state index contributed by atoms with van der Waals surface area (Å²) < 4.78 is 9.46. The normalized spacial score (nSPS) is 18.6. The number of phenols is 1. The van der Waals surface area contributed by atoms with Gasteiger partial charge in [0.05, 0.1) is 20.1 Å². The molecule has 7 nitrogen and oxygen atoms in total. The largest absolute Gasteiger partial charge is 0.508 e. The highest BCUT2D eigenvalue weighted by atomic mass is 16.5. The second-order valence-electron chi connectivity index (χ2n) is 5.38. The molecule has 124 valence electrons. The average Bonchev–Trinajstić information content (AvgIpc) is 2.94. The SMILES string of the molecule is COC(=O)C1CC(=O)N([C@@H](Cc2ccc(O)cc2)C(=O)OC)C1. The Balaban J connectivity index is 2.18. The van der Waals surface area contributed by atoms with Crippen molar-refractivity contribution in [2.24, 2.45) is 5.92 Å². The van der Waals surface area contributed by atoms with Gasteiger partial charge in [0.1, 0.15) is 11.8 Å². The van der Waals surface area contributed by atoms with E-state index in [0.717, 1.165) is 5.56 Å². The number of esters is 2. The maximum Gasteiger partial charge on any atom is 0.328 e. The van der Waals surface area contributed by atoms with Crippen LogP contribution in [0.2, 0.25) is 0 Å². The minimum Gasteiger partial charge on any atom is -0.508 e. The second kappa shape index (κ2) is 7.13. The van der Waals surface area contributed by atoms with Crippen LogP contribution in [-0.4, -0.2) is 54.7 Å². The Morgan fingerprint density at radius 2 is 1.91 bits per heavy atom. The molecule has 2 rings (SSSR count). The van der Waals surface area contributed by atoms with Crippen molar-refractivity contribution in [2.45, 2.75) is 18.9 Å². The van der Waals surface area contributed by atoms with Gasteiger partial charge in [0.25, 0.3) is 0 Å². The van der Waals surface area contributed by atoms with Gasteiger partial charge in [-0.15, -0.1) is 0 Å². The van der Waals surface area contributed by atoms with Crippen LogP contribution in [0.4, 0.5) is 0 Å². The fraction of sp³-hybridized carbons (Fsp3) is 0.438. The van der Waals surface area contributed by atoms with Crippen molar-refractivity contribution in [1.82, 2.24) is 4.90 Å². The predicted octanol–water partition coefficient (Wildman–Crippen LogP) is 0.498. The van der Waals surface area contributed by atoms with Crippen molar-refractivity contribution in [3.05, 3.63) is 29.8 Å². The number of carbonyl (C=O) groups excluding carboxylic acids is 3. The van der Waals surface area contributed by atoms with E-state index in [1.54, 1.807) is 12.1 Å². The van der Waals surface area contributed by atoms with Crippen LogP contribution in [0.1, 0.15) is 12.0 Å². The van der Waals surface area contributed by atoms with E-state index in [0.29, 0.717) is 0 Å². The summed E-state index contributed by atoms with van der Waals surface area (Å²) in [6, 6.07) is 5.54. The number of phenolic OH excluding ortho intramolecular Hbond substituents is 1. The van der Waals surface area contributed by atoms with E-state index >= 15 is 0 Å². The Kier molecular flexibility index (Phi) is 5.20. The van der Waals surface area contributed by atoms with Gasteiger partial charge in [0, 0.05) is 19.4 Å². The zero-order valence-electron chi connectivity index (χ0n) is 13.0. The van der Waals surface area contributed by atoms with Crippen molar-refractivity contribution in [3.8, 4) is 5.75 Å². The molecular weight excluding hydrogens is 302 g/mol. The van der Waals surface area contributed by atoms with Gasteiger partial charge in [0.15, 0.2) is 0 Å². The predicted molar refractivity (Wildman–Crippen MR) is 79.5 cm³/mol. The van der Waals surface area contributed by atoms with Gasteiger partial charge in [-0.05, 0) is 17.7 Å². The van der Waals surface area contributed by atoms with Crippen molar-refractivity contribution >= 4 is 17.8 Å². The van der Waals surface area contributed by atoms with Crippen LogP contribution in [0.3, 0.4) is 0 Å². The molecule has 1 aliphatic rings. The molecule has 1 amide bonds. The van der Waals surface area contributed by atoms with Gasteiger partial charge in [-0.2, -0.15) is 0 Å². The molecule has 7 heteroatoms. The molecule has 1 saturated heterocycles. The van der Waals surface area contributed by atoms with E-state index in [9.17, 15) is 19.5 Å². The Hall–Kier alpha value is -2.57. The van der Waals surface area contributed by atoms with Crippen LogP contribution in [0, 0.1) is 5.92 Å². The minimum atomic E-state index is -0.813. The first-order valence-corrected chi connectivity index (χ1v) is 7.19. The average molecular weight is 321 g/mol. The summed E-state index contributed by atoms with van der Waals surface area (Å²) in [4.78, 5) is 37.2. The fourth-order valence-corrected chi connectivity index (χ4v) is 2.67. The summed E-state index contributed by atoms with van der Waals surface area (Å²) in [7, 11) is 2.52. The molecule has 0 saturated carbocycles. The molecule has 2 atom stereocenters. The van der Waals surface area contributed by atoms with E-state index in [1.165, 1.54) is 31.3 Å². The van der Waals surface area contributed by atoms with Crippen LogP contribution < -0.4 is 0 Å². The third kappa shape index (κ3) is 3.80. The third-order valence-corrected chi connectivity index (χ3v) is 3.91. The molecule has 1 heterocycles. The van der Waals surface area contributed by atoms with Crippen LogP contribution in [0.25, 0.3) is 0 Å². The molecule has 0 radical (unpaired) electrons. The molecule has 1 aliphatic heterocycles. The zero-order chi connectivity index (χ0) is 17.0. The third-order valence-electron chi connectivity index (χ3n) is 3.91. The lowest BCUT2D eigenvalue weighted by Gasteiger charge is -2.26. The number of carbonyl (C=O) groups is 3. The van der Waals surface area contributed by atoms with E-state index in [1.807, 2.05) is 0 Å². The van der Waals surface area contributed by atoms with Crippen molar-refractivity contribution in [1.29, 1.82) is 0 Å². The number of hydrogen-bond acceptors (Lipinski definition) is 6. The minimum absolute atomic E-state index is 0.0236.